The second-order valence-electron chi connectivity index (χ2n) is 9.94. The zero-order chi connectivity index (χ0) is 26.2. The number of aromatic amines is 1. The molecule has 8 nitrogen and oxygen atoms in total. The van der Waals surface area contributed by atoms with Crippen LogP contribution in [0.1, 0.15) is 55.0 Å². The van der Waals surface area contributed by atoms with Crippen LogP contribution in [0.3, 0.4) is 0 Å². The minimum atomic E-state index is -4.50. The second kappa shape index (κ2) is 10.2. The number of fused-ring (bicyclic) bond motifs is 1. The van der Waals surface area contributed by atoms with E-state index in [-0.39, 0.29) is 30.2 Å². The van der Waals surface area contributed by atoms with Crippen LogP contribution in [0.4, 0.5) is 24.7 Å². The number of halogens is 3. The molecule has 0 radical (unpaired) electrons. The molecule has 2 saturated heterocycles. The van der Waals surface area contributed by atoms with Gasteiger partial charge in [-0.2, -0.15) is 18.4 Å². The molecule has 2 fully saturated rings. The van der Waals surface area contributed by atoms with Crippen LogP contribution in [-0.4, -0.2) is 53.3 Å². The van der Waals surface area contributed by atoms with E-state index in [1.54, 1.807) is 0 Å². The number of nitrogens with zero attached hydrogens (tertiary/aromatic N) is 4. The molecule has 37 heavy (non-hydrogen) atoms. The number of rotatable bonds is 5. The van der Waals surface area contributed by atoms with Crippen molar-refractivity contribution in [2.45, 2.75) is 57.4 Å². The third-order valence-corrected chi connectivity index (χ3v) is 7.03. The van der Waals surface area contributed by atoms with Crippen LogP contribution in [-0.2, 0) is 17.5 Å². The van der Waals surface area contributed by atoms with Gasteiger partial charge < -0.3 is 25.3 Å². The van der Waals surface area contributed by atoms with Crippen LogP contribution in [0, 0.1) is 11.3 Å². The van der Waals surface area contributed by atoms with Gasteiger partial charge in [-0.15, -0.1) is 0 Å². The molecule has 0 aliphatic carbocycles. The van der Waals surface area contributed by atoms with Crippen molar-refractivity contribution in [2.24, 2.45) is 0 Å². The zero-order valence-electron chi connectivity index (χ0n) is 20.8. The third kappa shape index (κ3) is 5.36. The van der Waals surface area contributed by atoms with Gasteiger partial charge in [0, 0.05) is 56.2 Å². The Bertz CT molecular complexity index is 1300. The van der Waals surface area contributed by atoms with E-state index in [0.717, 1.165) is 35.9 Å². The first-order chi connectivity index (χ1) is 17.7. The largest absolute Gasteiger partial charge is 0.416 e. The summed E-state index contributed by atoms with van der Waals surface area (Å²) in [7, 11) is 0. The number of H-pyrrole nitrogens is 1. The van der Waals surface area contributed by atoms with E-state index in [4.69, 9.17) is 4.74 Å². The second-order valence-corrected chi connectivity index (χ2v) is 9.94. The lowest BCUT2D eigenvalue weighted by Gasteiger charge is -2.37. The molecule has 0 amide bonds. The van der Waals surface area contributed by atoms with Crippen LogP contribution in [0.15, 0.2) is 24.5 Å². The summed E-state index contributed by atoms with van der Waals surface area (Å²) in [6.45, 7) is 6.48. The quantitative estimate of drug-likeness (QED) is 0.460. The maximum Gasteiger partial charge on any atom is 0.416 e. The number of hydrogen-bond acceptors (Lipinski definition) is 7. The fourth-order valence-corrected chi connectivity index (χ4v) is 5.40. The van der Waals surface area contributed by atoms with Crippen molar-refractivity contribution in [3.05, 3.63) is 46.9 Å². The van der Waals surface area contributed by atoms with Crippen molar-refractivity contribution in [1.29, 1.82) is 5.26 Å². The average Bonchev–Trinajstić information content (AvgIpc) is 3.31. The lowest BCUT2D eigenvalue weighted by molar-refractivity contribution is -0.137. The maximum absolute atomic E-state index is 13.8. The third-order valence-electron chi connectivity index (χ3n) is 7.03. The van der Waals surface area contributed by atoms with Crippen LogP contribution in [0.2, 0.25) is 0 Å². The van der Waals surface area contributed by atoms with Gasteiger partial charge in [0.2, 0.25) is 0 Å². The van der Waals surface area contributed by atoms with Crippen LogP contribution >= 0.6 is 0 Å². The molecule has 2 aliphatic rings. The minimum Gasteiger partial charge on any atom is -0.381 e. The molecule has 3 aromatic rings. The molecule has 0 unspecified atom stereocenters. The Morgan fingerprint density at radius 1 is 1.19 bits per heavy atom. The molecule has 5 rings (SSSR count). The lowest BCUT2D eigenvalue weighted by Crippen LogP contribution is -2.54. The van der Waals surface area contributed by atoms with Gasteiger partial charge in [0.05, 0.1) is 29.1 Å². The Morgan fingerprint density at radius 2 is 1.92 bits per heavy atom. The highest BCUT2D eigenvalue weighted by Gasteiger charge is 2.33. The van der Waals surface area contributed by atoms with Gasteiger partial charge in [0.1, 0.15) is 17.5 Å². The smallest absolute Gasteiger partial charge is 0.381 e. The summed E-state index contributed by atoms with van der Waals surface area (Å²) in [5.41, 5.74) is 2.06. The van der Waals surface area contributed by atoms with Gasteiger partial charge in [-0.05, 0) is 50.3 Å². The summed E-state index contributed by atoms with van der Waals surface area (Å²) < 4.78 is 47.0. The molecule has 0 aromatic carbocycles. The van der Waals surface area contributed by atoms with Crippen molar-refractivity contribution in [3.63, 3.8) is 0 Å². The Balaban J connectivity index is 1.50. The van der Waals surface area contributed by atoms with Crippen molar-refractivity contribution >= 4 is 22.5 Å². The number of anilines is 2. The van der Waals surface area contributed by atoms with Crippen molar-refractivity contribution in [1.82, 2.24) is 20.3 Å². The molecule has 0 spiro atoms. The molecule has 196 valence electrons. The molecule has 2 aliphatic heterocycles. The van der Waals surface area contributed by atoms with Gasteiger partial charge in [0.15, 0.2) is 0 Å². The van der Waals surface area contributed by atoms with E-state index < -0.39 is 11.7 Å². The molecule has 0 bridgehead atoms. The summed E-state index contributed by atoms with van der Waals surface area (Å²) in [5, 5.41) is 17.2. The fourth-order valence-electron chi connectivity index (χ4n) is 5.40. The number of pyridine rings is 2. The summed E-state index contributed by atoms with van der Waals surface area (Å²) >= 11 is 0. The molecular formula is C26H30F3N7O. The number of alkyl halides is 3. The Labute approximate surface area is 213 Å². The van der Waals surface area contributed by atoms with Gasteiger partial charge in [-0.3, -0.25) is 0 Å². The first kappa shape index (κ1) is 25.3. The first-order valence-electron chi connectivity index (χ1n) is 12.5. The topological polar surface area (TPSA) is 102 Å². The summed E-state index contributed by atoms with van der Waals surface area (Å²) in [5.74, 6) is 0.547. The van der Waals surface area contributed by atoms with Gasteiger partial charge in [0.25, 0.3) is 0 Å². The first-order valence-corrected chi connectivity index (χ1v) is 12.5. The van der Waals surface area contributed by atoms with E-state index in [1.807, 2.05) is 24.9 Å². The number of aromatic nitrogens is 3. The Kier molecular flexibility index (Phi) is 6.96. The minimum absolute atomic E-state index is 0.0281. The Morgan fingerprint density at radius 3 is 2.59 bits per heavy atom. The van der Waals surface area contributed by atoms with Crippen molar-refractivity contribution < 1.29 is 17.9 Å². The molecule has 3 aromatic heterocycles. The van der Waals surface area contributed by atoms with Crippen molar-refractivity contribution in [2.75, 3.05) is 36.5 Å². The summed E-state index contributed by atoms with van der Waals surface area (Å²) in [4.78, 5) is 14.1. The SMILES string of the molecule is C[C@@H]1CN(c2cc(C(F)(F)F)cc(CNc3c(C#N)cnc4[nH]cc(C5CCOCC5)c34)n2)C[C@H](C)N1. The maximum atomic E-state index is 13.8. The predicted octanol–water partition coefficient (Wildman–Crippen LogP) is 4.54. The van der Waals surface area contributed by atoms with Gasteiger partial charge >= 0.3 is 6.18 Å². The Hall–Kier alpha value is -3.36. The van der Waals surface area contributed by atoms with Crippen LogP contribution < -0.4 is 15.5 Å². The molecule has 5 heterocycles. The van der Waals surface area contributed by atoms with Gasteiger partial charge in [-0.25, -0.2) is 9.97 Å². The zero-order valence-corrected chi connectivity index (χ0v) is 20.8. The van der Waals surface area contributed by atoms with E-state index in [2.05, 4.69) is 31.7 Å². The highest BCUT2D eigenvalue weighted by Crippen LogP contribution is 2.37. The number of hydrogen-bond donors (Lipinski definition) is 3. The average molecular weight is 514 g/mol. The number of nitrogens with one attached hydrogen (secondary N) is 3. The molecule has 0 saturated carbocycles. The summed E-state index contributed by atoms with van der Waals surface area (Å²) in [6.07, 6.45) is 0.583. The van der Waals surface area contributed by atoms with E-state index >= 15 is 0 Å². The molecule has 3 N–H and O–H groups in total. The van der Waals surface area contributed by atoms with E-state index in [9.17, 15) is 18.4 Å². The molecule has 2 atom stereocenters. The van der Waals surface area contributed by atoms with E-state index in [0.29, 0.717) is 49.0 Å². The molecular weight excluding hydrogens is 483 g/mol. The molecule has 11 heteroatoms. The number of ether oxygens (including phenoxy) is 1. The normalized spacial score (nSPS) is 21.2. The van der Waals surface area contributed by atoms with Crippen LogP contribution in [0.25, 0.3) is 11.0 Å². The lowest BCUT2D eigenvalue weighted by atomic mass is 9.91. The standard InChI is InChI=1S/C26H30F3N7O/c1-15-13-36(14-16(2)34-15)22-8-19(26(27,28)29)7-20(35-22)11-31-24-18(9-30)10-32-25-23(24)21(12-33-25)17-3-5-37-6-4-17/h7-8,10,12,15-17,34H,3-6,11,13-14H2,1-2H3,(H2,31,32,33)/t15-,16+. The predicted molar refractivity (Wildman–Crippen MR) is 134 cm³/mol. The van der Waals surface area contributed by atoms with Gasteiger partial charge in [-0.1, -0.05) is 0 Å². The van der Waals surface area contributed by atoms with E-state index in [1.165, 1.54) is 6.20 Å². The fraction of sp³-hybridized carbons (Fsp3) is 0.500. The van der Waals surface area contributed by atoms with Crippen LogP contribution in [0.5, 0.6) is 0 Å². The highest BCUT2D eigenvalue weighted by molar-refractivity contribution is 5.95. The monoisotopic (exact) mass is 513 g/mol. The highest BCUT2D eigenvalue weighted by atomic mass is 19.4. The van der Waals surface area contributed by atoms with Crippen molar-refractivity contribution in [3.8, 4) is 6.07 Å². The number of piperazine rings is 1. The number of nitriles is 1. The summed E-state index contributed by atoms with van der Waals surface area (Å²) in [6, 6.07) is 4.62.